The fraction of sp³-hybridized carbons (Fsp3) is 0. The van der Waals surface area contributed by atoms with Crippen molar-refractivity contribution < 1.29 is 9.90 Å². The zero-order valence-corrected chi connectivity index (χ0v) is 9.28. The van der Waals surface area contributed by atoms with Crippen molar-refractivity contribution in [1.82, 2.24) is 0 Å². The lowest BCUT2D eigenvalue weighted by atomic mass is 10.1. The third-order valence-electron chi connectivity index (χ3n) is 2.14. The summed E-state index contributed by atoms with van der Waals surface area (Å²) in [5.74, 6) is -0.895. The molecule has 2 rings (SSSR count). The second kappa shape index (κ2) is 4.77. The maximum absolute atomic E-state index is 10.6. The van der Waals surface area contributed by atoms with E-state index in [4.69, 9.17) is 5.11 Å². The summed E-state index contributed by atoms with van der Waals surface area (Å²) in [6.45, 7) is 0. The van der Waals surface area contributed by atoms with E-state index in [2.05, 4.69) is 0 Å². The summed E-state index contributed by atoms with van der Waals surface area (Å²) < 4.78 is 0. The van der Waals surface area contributed by atoms with Crippen LogP contribution in [0.25, 0.3) is 12.2 Å². The van der Waals surface area contributed by atoms with Gasteiger partial charge in [-0.25, -0.2) is 4.79 Å². The monoisotopic (exact) mass is 230 g/mol. The molecule has 0 unspecified atom stereocenters. The van der Waals surface area contributed by atoms with Crippen LogP contribution in [0.15, 0.2) is 41.8 Å². The Kier molecular flexibility index (Phi) is 3.17. The minimum absolute atomic E-state index is 0.313. The molecule has 1 N–H and O–H groups in total. The number of carboxylic acids is 1. The van der Waals surface area contributed by atoms with Crippen LogP contribution in [-0.2, 0) is 0 Å². The van der Waals surface area contributed by atoms with Crippen LogP contribution in [0.4, 0.5) is 0 Å². The molecule has 0 aliphatic carbocycles. The molecule has 0 aliphatic heterocycles. The average Bonchev–Trinajstić information content (AvgIpc) is 2.80. The zero-order chi connectivity index (χ0) is 11.4. The summed E-state index contributed by atoms with van der Waals surface area (Å²) in [7, 11) is 0. The highest BCUT2D eigenvalue weighted by Crippen LogP contribution is 2.13. The van der Waals surface area contributed by atoms with E-state index in [1.54, 1.807) is 35.6 Å². The van der Waals surface area contributed by atoms with Gasteiger partial charge in [-0.15, -0.1) is 11.3 Å². The van der Waals surface area contributed by atoms with Crippen LogP contribution in [-0.4, -0.2) is 11.1 Å². The normalized spacial score (nSPS) is 10.8. The highest BCUT2D eigenvalue weighted by molar-refractivity contribution is 7.10. The van der Waals surface area contributed by atoms with Gasteiger partial charge in [0.15, 0.2) is 0 Å². The van der Waals surface area contributed by atoms with Crippen molar-refractivity contribution in [3.8, 4) is 0 Å². The van der Waals surface area contributed by atoms with Crippen molar-refractivity contribution in [2.45, 2.75) is 0 Å². The van der Waals surface area contributed by atoms with Crippen LogP contribution >= 0.6 is 11.3 Å². The Bertz CT molecular complexity index is 495. The van der Waals surface area contributed by atoms with Crippen LogP contribution in [0.1, 0.15) is 20.8 Å². The van der Waals surface area contributed by atoms with Gasteiger partial charge in [-0.1, -0.05) is 24.3 Å². The van der Waals surface area contributed by atoms with E-state index in [1.165, 1.54) is 4.88 Å². The molecule has 2 nitrogen and oxygen atoms in total. The minimum atomic E-state index is -0.895. The van der Waals surface area contributed by atoms with Crippen molar-refractivity contribution in [3.63, 3.8) is 0 Å². The Hall–Kier alpha value is -1.87. The lowest BCUT2D eigenvalue weighted by Gasteiger charge is -1.95. The first-order chi connectivity index (χ1) is 7.75. The standard InChI is InChI=1S/C13H10O2S/c14-13(15)11-6-3-10(4-7-11)5-8-12-2-1-9-16-12/h1-9H,(H,14,15)/b8-5+. The topological polar surface area (TPSA) is 37.3 Å². The SMILES string of the molecule is O=C(O)c1ccc(/C=C/c2cccs2)cc1. The fourth-order valence-corrected chi connectivity index (χ4v) is 1.92. The molecule has 1 aromatic heterocycles. The molecular weight excluding hydrogens is 220 g/mol. The van der Waals surface area contributed by atoms with Crippen molar-refractivity contribution in [2.75, 3.05) is 0 Å². The molecule has 0 amide bonds. The van der Waals surface area contributed by atoms with Crippen LogP contribution in [0.2, 0.25) is 0 Å². The summed E-state index contributed by atoms with van der Waals surface area (Å²) in [6, 6.07) is 10.8. The summed E-state index contributed by atoms with van der Waals surface area (Å²) in [4.78, 5) is 11.8. The van der Waals surface area contributed by atoms with Crippen molar-refractivity contribution in [3.05, 3.63) is 57.8 Å². The third-order valence-corrected chi connectivity index (χ3v) is 2.98. The van der Waals surface area contributed by atoms with Gasteiger partial charge < -0.3 is 5.11 Å². The third kappa shape index (κ3) is 2.58. The molecule has 0 bridgehead atoms. The van der Waals surface area contributed by atoms with Gasteiger partial charge in [0.1, 0.15) is 0 Å². The number of thiophene rings is 1. The minimum Gasteiger partial charge on any atom is -0.478 e. The van der Waals surface area contributed by atoms with Gasteiger partial charge in [-0.05, 0) is 35.2 Å². The molecule has 1 heterocycles. The Morgan fingerprint density at radius 3 is 2.44 bits per heavy atom. The van der Waals surface area contributed by atoms with E-state index in [9.17, 15) is 4.79 Å². The largest absolute Gasteiger partial charge is 0.478 e. The molecule has 1 aromatic carbocycles. The predicted octanol–water partition coefficient (Wildman–Crippen LogP) is 3.62. The molecule has 0 fully saturated rings. The van der Waals surface area contributed by atoms with Gasteiger partial charge in [0.05, 0.1) is 5.56 Å². The average molecular weight is 230 g/mol. The van der Waals surface area contributed by atoms with Gasteiger partial charge in [0, 0.05) is 4.88 Å². The van der Waals surface area contributed by atoms with E-state index >= 15 is 0 Å². The van der Waals surface area contributed by atoms with Crippen molar-refractivity contribution >= 4 is 29.5 Å². The first kappa shape index (κ1) is 10.6. The van der Waals surface area contributed by atoms with E-state index in [1.807, 2.05) is 29.7 Å². The number of hydrogen-bond acceptors (Lipinski definition) is 2. The molecule has 0 radical (unpaired) electrons. The lowest BCUT2D eigenvalue weighted by Crippen LogP contribution is -1.94. The predicted molar refractivity (Wildman–Crippen MR) is 66.6 cm³/mol. The molecular formula is C13H10O2S. The first-order valence-electron chi connectivity index (χ1n) is 4.80. The summed E-state index contributed by atoms with van der Waals surface area (Å²) >= 11 is 1.67. The first-order valence-corrected chi connectivity index (χ1v) is 5.68. The molecule has 0 saturated heterocycles. The van der Waals surface area contributed by atoms with E-state index in [0.717, 1.165) is 5.56 Å². The van der Waals surface area contributed by atoms with Gasteiger partial charge in [-0.3, -0.25) is 0 Å². The molecule has 0 atom stereocenters. The van der Waals surface area contributed by atoms with Gasteiger partial charge in [-0.2, -0.15) is 0 Å². The molecule has 16 heavy (non-hydrogen) atoms. The molecule has 0 spiro atoms. The van der Waals surface area contributed by atoms with E-state index in [-0.39, 0.29) is 0 Å². The summed E-state index contributed by atoms with van der Waals surface area (Å²) in [5.41, 5.74) is 1.31. The highest BCUT2D eigenvalue weighted by Gasteiger charge is 1.99. The molecule has 3 heteroatoms. The van der Waals surface area contributed by atoms with Crippen LogP contribution < -0.4 is 0 Å². The second-order valence-electron chi connectivity index (χ2n) is 3.28. The van der Waals surface area contributed by atoms with Gasteiger partial charge in [0.2, 0.25) is 0 Å². The molecule has 80 valence electrons. The second-order valence-corrected chi connectivity index (χ2v) is 4.26. The smallest absolute Gasteiger partial charge is 0.335 e. The number of rotatable bonds is 3. The number of aromatic carboxylic acids is 1. The van der Waals surface area contributed by atoms with Gasteiger partial charge >= 0.3 is 5.97 Å². The van der Waals surface area contributed by atoms with Crippen LogP contribution in [0, 0.1) is 0 Å². The Morgan fingerprint density at radius 2 is 1.88 bits per heavy atom. The highest BCUT2D eigenvalue weighted by atomic mass is 32.1. The molecule has 0 aliphatic rings. The molecule has 0 saturated carbocycles. The van der Waals surface area contributed by atoms with Crippen LogP contribution in [0.5, 0.6) is 0 Å². The van der Waals surface area contributed by atoms with Crippen molar-refractivity contribution in [1.29, 1.82) is 0 Å². The summed E-state index contributed by atoms with van der Waals surface area (Å²) in [6.07, 6.45) is 3.98. The fourth-order valence-electron chi connectivity index (χ4n) is 1.30. The number of carboxylic acid groups (broad SMARTS) is 1. The van der Waals surface area contributed by atoms with Crippen molar-refractivity contribution in [2.24, 2.45) is 0 Å². The van der Waals surface area contributed by atoms with Crippen LogP contribution in [0.3, 0.4) is 0 Å². The number of benzene rings is 1. The number of hydrogen-bond donors (Lipinski definition) is 1. The van der Waals surface area contributed by atoms with Gasteiger partial charge in [0.25, 0.3) is 0 Å². The maximum Gasteiger partial charge on any atom is 0.335 e. The maximum atomic E-state index is 10.6. The number of carbonyl (C=O) groups is 1. The Labute approximate surface area is 97.5 Å². The lowest BCUT2D eigenvalue weighted by molar-refractivity contribution is 0.0697. The summed E-state index contributed by atoms with van der Waals surface area (Å²) in [5, 5.41) is 10.8. The van der Waals surface area contributed by atoms with E-state index < -0.39 is 5.97 Å². The Morgan fingerprint density at radius 1 is 1.12 bits per heavy atom. The molecule has 2 aromatic rings. The Balaban J connectivity index is 2.14. The van der Waals surface area contributed by atoms with E-state index in [0.29, 0.717) is 5.56 Å². The zero-order valence-electron chi connectivity index (χ0n) is 8.46. The quantitative estimate of drug-likeness (QED) is 0.874.